The lowest BCUT2D eigenvalue weighted by Crippen LogP contribution is -2.36. The summed E-state index contributed by atoms with van der Waals surface area (Å²) in [5.41, 5.74) is 3.81. The van der Waals surface area contributed by atoms with Crippen LogP contribution in [0.25, 0.3) is 5.57 Å². The Labute approximate surface area is 119 Å². The van der Waals surface area contributed by atoms with E-state index in [-0.39, 0.29) is 11.9 Å². The van der Waals surface area contributed by atoms with Crippen LogP contribution in [-0.2, 0) is 0 Å². The largest absolute Gasteiger partial charge is 0.300 e. The first-order valence-corrected chi connectivity index (χ1v) is 6.91. The highest BCUT2D eigenvalue weighted by Gasteiger charge is 2.35. The second-order valence-electron chi connectivity index (χ2n) is 5.01. The van der Waals surface area contributed by atoms with Crippen molar-refractivity contribution in [3.8, 4) is 0 Å². The zero-order chi connectivity index (χ0) is 14.1. The third-order valence-electron chi connectivity index (χ3n) is 3.85. The average molecular weight is 263 g/mol. The molecule has 0 aliphatic carbocycles. The van der Waals surface area contributed by atoms with E-state index in [1.165, 1.54) is 0 Å². The highest BCUT2D eigenvalue weighted by molar-refractivity contribution is 6.12. The van der Waals surface area contributed by atoms with Crippen molar-refractivity contribution in [2.24, 2.45) is 0 Å². The Morgan fingerprint density at radius 2 is 1.75 bits per heavy atom. The number of hydrogen-bond acceptors (Lipinski definition) is 1. The van der Waals surface area contributed by atoms with Gasteiger partial charge in [0.05, 0.1) is 11.7 Å². The minimum absolute atomic E-state index is 0.0450. The molecule has 0 spiro atoms. The Bertz CT molecular complexity index is 660. The maximum absolute atomic E-state index is 12.8. The molecule has 1 unspecified atom stereocenters. The number of carbonyl (C=O) groups excluding carboxylic acids is 1. The van der Waals surface area contributed by atoms with Gasteiger partial charge in [0.15, 0.2) is 0 Å². The van der Waals surface area contributed by atoms with Gasteiger partial charge >= 0.3 is 0 Å². The number of amides is 1. The van der Waals surface area contributed by atoms with E-state index in [2.05, 4.69) is 13.5 Å². The van der Waals surface area contributed by atoms with Gasteiger partial charge in [-0.1, -0.05) is 49.9 Å². The van der Waals surface area contributed by atoms with E-state index in [0.717, 1.165) is 28.8 Å². The molecule has 1 heterocycles. The van der Waals surface area contributed by atoms with E-state index in [1.807, 2.05) is 59.5 Å². The maximum atomic E-state index is 12.8. The molecule has 0 N–H and O–H groups in total. The summed E-state index contributed by atoms with van der Waals surface area (Å²) in [6, 6.07) is 17.5. The van der Waals surface area contributed by atoms with Crippen LogP contribution in [0.5, 0.6) is 0 Å². The molecule has 1 aliphatic heterocycles. The van der Waals surface area contributed by atoms with Gasteiger partial charge < -0.3 is 4.90 Å². The summed E-state index contributed by atoms with van der Waals surface area (Å²) < 4.78 is 0. The van der Waals surface area contributed by atoms with Crippen LogP contribution >= 0.6 is 0 Å². The first kappa shape index (κ1) is 12.7. The van der Waals surface area contributed by atoms with Crippen molar-refractivity contribution in [3.05, 3.63) is 72.3 Å². The minimum atomic E-state index is 0.0450. The topological polar surface area (TPSA) is 20.3 Å². The third-order valence-corrected chi connectivity index (χ3v) is 3.85. The lowest BCUT2D eigenvalue weighted by molar-refractivity contribution is 0.0983. The summed E-state index contributed by atoms with van der Waals surface area (Å²) in [4.78, 5) is 14.7. The fraction of sp³-hybridized carbons (Fsp3) is 0.167. The molecule has 100 valence electrons. The number of rotatable bonds is 2. The molecule has 0 radical (unpaired) electrons. The molecule has 2 nitrogen and oxygen atoms in total. The molecular formula is C18H17NO. The van der Waals surface area contributed by atoms with E-state index >= 15 is 0 Å². The summed E-state index contributed by atoms with van der Waals surface area (Å²) in [7, 11) is 0. The van der Waals surface area contributed by atoms with Crippen LogP contribution in [0.4, 0.5) is 5.69 Å². The van der Waals surface area contributed by atoms with Gasteiger partial charge in [-0.25, -0.2) is 0 Å². The van der Waals surface area contributed by atoms with Crippen LogP contribution in [0.1, 0.15) is 29.3 Å². The molecule has 0 aromatic heterocycles. The second kappa shape index (κ2) is 4.97. The first-order valence-electron chi connectivity index (χ1n) is 6.91. The predicted octanol–water partition coefficient (Wildman–Crippen LogP) is 4.14. The molecule has 0 bridgehead atoms. The van der Waals surface area contributed by atoms with E-state index in [0.29, 0.717) is 0 Å². The fourth-order valence-electron chi connectivity index (χ4n) is 2.86. The van der Waals surface area contributed by atoms with Crippen LogP contribution in [-0.4, -0.2) is 11.9 Å². The van der Waals surface area contributed by atoms with Crippen LogP contribution in [0.15, 0.2) is 61.2 Å². The monoisotopic (exact) mass is 263 g/mol. The highest BCUT2D eigenvalue weighted by atomic mass is 16.2. The lowest BCUT2D eigenvalue weighted by atomic mass is 10.0. The molecule has 2 aromatic carbocycles. The average Bonchev–Trinajstić information content (AvgIpc) is 2.80. The number of hydrogen-bond donors (Lipinski definition) is 0. The molecule has 20 heavy (non-hydrogen) atoms. The van der Waals surface area contributed by atoms with Crippen LogP contribution < -0.4 is 4.90 Å². The van der Waals surface area contributed by atoms with Gasteiger partial charge in [-0.2, -0.15) is 0 Å². The van der Waals surface area contributed by atoms with Crippen LogP contribution in [0.2, 0.25) is 0 Å². The Morgan fingerprint density at radius 3 is 2.45 bits per heavy atom. The van der Waals surface area contributed by atoms with Gasteiger partial charge in [0.1, 0.15) is 0 Å². The zero-order valence-corrected chi connectivity index (χ0v) is 11.5. The number of fused-ring (bicyclic) bond motifs is 1. The molecule has 1 atom stereocenters. The Balaban J connectivity index is 2.08. The van der Waals surface area contributed by atoms with Crippen molar-refractivity contribution in [3.63, 3.8) is 0 Å². The van der Waals surface area contributed by atoms with Gasteiger partial charge in [0.25, 0.3) is 5.91 Å². The van der Waals surface area contributed by atoms with E-state index in [1.54, 1.807) is 0 Å². The normalized spacial score (nSPS) is 17.1. The SMILES string of the molecule is C=C1c2ccccc2N(C(=O)c2ccccc2)C1CC. The predicted molar refractivity (Wildman–Crippen MR) is 82.8 cm³/mol. The molecule has 1 amide bonds. The second-order valence-corrected chi connectivity index (χ2v) is 5.01. The molecule has 2 aromatic rings. The Morgan fingerprint density at radius 1 is 1.10 bits per heavy atom. The standard InChI is InChI=1S/C18H17NO/c1-3-16-13(2)15-11-7-8-12-17(15)19(16)18(20)14-9-5-4-6-10-14/h4-12,16H,2-3H2,1H3. The van der Waals surface area contributed by atoms with Crippen LogP contribution in [0, 0.1) is 0 Å². The molecule has 0 saturated carbocycles. The van der Waals surface area contributed by atoms with Gasteiger partial charge in [-0.15, -0.1) is 0 Å². The van der Waals surface area contributed by atoms with Crippen molar-refractivity contribution in [2.75, 3.05) is 4.90 Å². The van der Waals surface area contributed by atoms with Crippen molar-refractivity contribution < 1.29 is 4.79 Å². The summed E-state index contributed by atoms with van der Waals surface area (Å²) in [6.07, 6.45) is 0.867. The van der Waals surface area contributed by atoms with Crippen LogP contribution in [0.3, 0.4) is 0 Å². The summed E-state index contributed by atoms with van der Waals surface area (Å²) in [6.45, 7) is 6.27. The summed E-state index contributed by atoms with van der Waals surface area (Å²) in [5, 5.41) is 0. The molecule has 3 rings (SSSR count). The van der Waals surface area contributed by atoms with Crippen molar-refractivity contribution >= 4 is 17.2 Å². The van der Waals surface area contributed by atoms with Gasteiger partial charge in [0, 0.05) is 11.1 Å². The molecule has 0 fully saturated rings. The van der Waals surface area contributed by atoms with Crippen molar-refractivity contribution in [2.45, 2.75) is 19.4 Å². The minimum Gasteiger partial charge on any atom is -0.300 e. The van der Waals surface area contributed by atoms with E-state index < -0.39 is 0 Å². The van der Waals surface area contributed by atoms with Gasteiger partial charge in [-0.3, -0.25) is 4.79 Å². The van der Waals surface area contributed by atoms with Gasteiger partial charge in [0.2, 0.25) is 0 Å². The smallest absolute Gasteiger partial charge is 0.258 e. The molecule has 1 aliphatic rings. The summed E-state index contributed by atoms with van der Waals surface area (Å²) >= 11 is 0. The Kier molecular flexibility index (Phi) is 3.15. The number of para-hydroxylation sites is 1. The van der Waals surface area contributed by atoms with Gasteiger partial charge in [-0.05, 0) is 30.2 Å². The first-order chi connectivity index (χ1) is 9.74. The van der Waals surface area contributed by atoms with E-state index in [4.69, 9.17) is 0 Å². The number of anilines is 1. The quantitative estimate of drug-likeness (QED) is 0.797. The maximum Gasteiger partial charge on any atom is 0.258 e. The zero-order valence-electron chi connectivity index (χ0n) is 11.5. The summed E-state index contributed by atoms with van der Waals surface area (Å²) in [5.74, 6) is 0.0450. The molecule has 0 saturated heterocycles. The molecule has 2 heteroatoms. The third kappa shape index (κ3) is 1.85. The van der Waals surface area contributed by atoms with Crippen molar-refractivity contribution in [1.29, 1.82) is 0 Å². The Hall–Kier alpha value is -2.35. The lowest BCUT2D eigenvalue weighted by Gasteiger charge is -2.25. The molecular weight excluding hydrogens is 246 g/mol. The number of nitrogens with zero attached hydrogens (tertiary/aromatic N) is 1. The highest BCUT2D eigenvalue weighted by Crippen LogP contribution is 2.41. The van der Waals surface area contributed by atoms with Crippen molar-refractivity contribution in [1.82, 2.24) is 0 Å². The van der Waals surface area contributed by atoms with E-state index in [9.17, 15) is 4.79 Å². The number of benzene rings is 2. The fourth-order valence-corrected chi connectivity index (χ4v) is 2.86. The number of carbonyl (C=O) groups is 1.